The van der Waals surface area contributed by atoms with Gasteiger partial charge in [-0.25, -0.2) is 4.79 Å². The van der Waals surface area contributed by atoms with Crippen LogP contribution in [0.2, 0.25) is 0 Å². The molecule has 68 valence electrons. The molecule has 0 heterocycles. The molecule has 0 aliphatic heterocycles. The zero-order chi connectivity index (χ0) is 9.97. The second-order valence-corrected chi connectivity index (χ2v) is 3.15. The number of fused-ring (bicyclic) bond motifs is 1. The van der Waals surface area contributed by atoms with Gasteiger partial charge in [0.25, 0.3) is 0 Å². The van der Waals surface area contributed by atoms with E-state index in [2.05, 4.69) is 4.99 Å². The summed E-state index contributed by atoms with van der Waals surface area (Å²) in [4.78, 5) is 13.9. The first-order valence-corrected chi connectivity index (χ1v) is 4.39. The summed E-state index contributed by atoms with van der Waals surface area (Å²) in [6.07, 6.45) is 1.57. The predicted molar refractivity (Wildman–Crippen MR) is 56.5 cm³/mol. The van der Waals surface area contributed by atoms with Crippen molar-refractivity contribution in [2.75, 3.05) is 0 Å². The minimum Gasteiger partial charge on any atom is -0.211 e. The average Bonchev–Trinajstić information content (AvgIpc) is 2.23. The maximum atomic E-state index is 10.2. The first-order valence-electron chi connectivity index (χ1n) is 4.39. The Kier molecular flexibility index (Phi) is 2.13. The molecule has 0 aromatic heterocycles. The van der Waals surface area contributed by atoms with Crippen LogP contribution in [0, 0.1) is 6.92 Å². The Morgan fingerprint density at radius 3 is 2.50 bits per heavy atom. The molecule has 0 bridgehead atoms. The van der Waals surface area contributed by atoms with Crippen molar-refractivity contribution in [1.82, 2.24) is 0 Å². The van der Waals surface area contributed by atoms with E-state index in [0.717, 1.165) is 10.8 Å². The van der Waals surface area contributed by atoms with Crippen LogP contribution in [0.25, 0.3) is 10.8 Å². The lowest BCUT2D eigenvalue weighted by Gasteiger charge is -2.03. The molecular weight excluding hydrogens is 174 g/mol. The monoisotopic (exact) mass is 183 g/mol. The first kappa shape index (κ1) is 8.67. The molecule has 0 fully saturated rings. The molecule has 0 atom stereocenters. The zero-order valence-electron chi connectivity index (χ0n) is 7.82. The molecule has 0 aliphatic rings. The molecule has 0 radical (unpaired) electrons. The van der Waals surface area contributed by atoms with Crippen LogP contribution in [0.1, 0.15) is 5.56 Å². The summed E-state index contributed by atoms with van der Waals surface area (Å²) >= 11 is 0. The van der Waals surface area contributed by atoms with Crippen LogP contribution < -0.4 is 0 Å². The summed E-state index contributed by atoms with van der Waals surface area (Å²) < 4.78 is 0. The van der Waals surface area contributed by atoms with Gasteiger partial charge in [0, 0.05) is 5.39 Å². The number of aliphatic imine (C=N–C) groups is 1. The van der Waals surface area contributed by atoms with Crippen LogP contribution in [0.15, 0.2) is 41.4 Å². The van der Waals surface area contributed by atoms with Crippen LogP contribution in [0.5, 0.6) is 0 Å². The van der Waals surface area contributed by atoms with Crippen LogP contribution in [0.4, 0.5) is 5.69 Å². The highest BCUT2D eigenvalue weighted by Crippen LogP contribution is 2.27. The quantitative estimate of drug-likeness (QED) is 0.493. The highest BCUT2D eigenvalue weighted by atomic mass is 16.1. The molecule has 2 aromatic carbocycles. The van der Waals surface area contributed by atoms with E-state index < -0.39 is 0 Å². The van der Waals surface area contributed by atoms with Gasteiger partial charge in [-0.1, -0.05) is 30.3 Å². The molecule has 0 unspecified atom stereocenters. The fraction of sp³-hybridized carbons (Fsp3) is 0.0833. The average molecular weight is 183 g/mol. The van der Waals surface area contributed by atoms with E-state index in [4.69, 9.17) is 0 Å². The van der Waals surface area contributed by atoms with E-state index >= 15 is 0 Å². The van der Waals surface area contributed by atoms with Gasteiger partial charge in [-0.2, -0.15) is 4.99 Å². The van der Waals surface area contributed by atoms with E-state index in [1.54, 1.807) is 6.08 Å². The zero-order valence-corrected chi connectivity index (χ0v) is 7.82. The van der Waals surface area contributed by atoms with Crippen molar-refractivity contribution in [3.05, 3.63) is 42.0 Å². The van der Waals surface area contributed by atoms with E-state index in [0.29, 0.717) is 5.69 Å². The van der Waals surface area contributed by atoms with E-state index in [1.165, 1.54) is 5.56 Å². The lowest BCUT2D eigenvalue weighted by atomic mass is 10.0. The van der Waals surface area contributed by atoms with Crippen LogP contribution in [-0.4, -0.2) is 6.08 Å². The number of hydrogen-bond acceptors (Lipinski definition) is 2. The molecule has 0 N–H and O–H groups in total. The second kappa shape index (κ2) is 3.44. The maximum Gasteiger partial charge on any atom is 0.240 e. The third kappa shape index (κ3) is 1.32. The molecule has 2 heteroatoms. The molecule has 0 saturated carbocycles. The fourth-order valence-electron chi connectivity index (χ4n) is 1.58. The van der Waals surface area contributed by atoms with Gasteiger partial charge < -0.3 is 0 Å². The summed E-state index contributed by atoms with van der Waals surface area (Å²) in [5.74, 6) is 0. The number of carbonyl (C=O) groups excluding carboxylic acids is 1. The van der Waals surface area contributed by atoms with Crippen molar-refractivity contribution in [1.29, 1.82) is 0 Å². The van der Waals surface area contributed by atoms with Gasteiger partial charge in [0.1, 0.15) is 0 Å². The number of isocyanates is 1. The number of rotatable bonds is 1. The molecule has 0 amide bonds. The number of aryl methyl sites for hydroxylation is 1. The van der Waals surface area contributed by atoms with Crippen molar-refractivity contribution < 1.29 is 4.79 Å². The Labute approximate surface area is 81.9 Å². The van der Waals surface area contributed by atoms with Crippen LogP contribution >= 0.6 is 0 Å². The van der Waals surface area contributed by atoms with Crippen LogP contribution in [-0.2, 0) is 4.79 Å². The molecule has 0 saturated heterocycles. The summed E-state index contributed by atoms with van der Waals surface area (Å²) in [7, 11) is 0. The van der Waals surface area contributed by atoms with E-state index in [1.807, 2.05) is 43.3 Å². The molecule has 0 spiro atoms. The Hall–Kier alpha value is -1.92. The number of nitrogens with zero attached hydrogens (tertiary/aromatic N) is 1. The normalized spacial score (nSPS) is 9.79. The summed E-state index contributed by atoms with van der Waals surface area (Å²) in [6, 6.07) is 11.7. The molecule has 0 aliphatic carbocycles. The predicted octanol–water partition coefficient (Wildman–Crippen LogP) is 3.12. The maximum absolute atomic E-state index is 10.2. The Morgan fingerprint density at radius 1 is 1.07 bits per heavy atom. The topological polar surface area (TPSA) is 29.4 Å². The number of hydrogen-bond donors (Lipinski definition) is 0. The Bertz CT molecular complexity index is 525. The van der Waals surface area contributed by atoms with Crippen molar-refractivity contribution in [2.45, 2.75) is 6.92 Å². The lowest BCUT2D eigenvalue weighted by molar-refractivity contribution is 0.565. The van der Waals surface area contributed by atoms with Crippen molar-refractivity contribution >= 4 is 22.5 Å². The lowest BCUT2D eigenvalue weighted by Crippen LogP contribution is -1.78. The van der Waals surface area contributed by atoms with E-state index in [-0.39, 0.29) is 0 Å². The number of benzene rings is 2. The molecule has 2 aromatic rings. The minimum absolute atomic E-state index is 0.682. The highest BCUT2D eigenvalue weighted by molar-refractivity contribution is 5.95. The fourth-order valence-corrected chi connectivity index (χ4v) is 1.58. The molecule has 14 heavy (non-hydrogen) atoms. The summed E-state index contributed by atoms with van der Waals surface area (Å²) in [5.41, 5.74) is 1.87. The smallest absolute Gasteiger partial charge is 0.211 e. The standard InChI is InChI=1S/C12H9NO/c1-9-6-7-12(13-8-14)11-5-3-2-4-10(9)11/h2-7H,1H3. The summed E-state index contributed by atoms with van der Waals surface area (Å²) in [5, 5.41) is 2.12. The van der Waals surface area contributed by atoms with Gasteiger partial charge >= 0.3 is 0 Å². The second-order valence-electron chi connectivity index (χ2n) is 3.15. The largest absolute Gasteiger partial charge is 0.240 e. The third-order valence-electron chi connectivity index (χ3n) is 2.29. The molecule has 2 nitrogen and oxygen atoms in total. The van der Waals surface area contributed by atoms with Gasteiger partial charge in [-0.15, -0.1) is 0 Å². The van der Waals surface area contributed by atoms with Crippen molar-refractivity contribution in [2.24, 2.45) is 4.99 Å². The third-order valence-corrected chi connectivity index (χ3v) is 2.29. The van der Waals surface area contributed by atoms with Crippen molar-refractivity contribution in [3.63, 3.8) is 0 Å². The minimum atomic E-state index is 0.682. The Morgan fingerprint density at radius 2 is 1.79 bits per heavy atom. The highest BCUT2D eigenvalue weighted by Gasteiger charge is 2.00. The Balaban J connectivity index is 2.88. The SMILES string of the molecule is Cc1ccc(N=C=O)c2ccccc12. The van der Waals surface area contributed by atoms with Gasteiger partial charge in [-0.05, 0) is 23.9 Å². The van der Waals surface area contributed by atoms with Gasteiger partial charge in [0.15, 0.2) is 0 Å². The van der Waals surface area contributed by atoms with Crippen LogP contribution in [0.3, 0.4) is 0 Å². The first-order chi connectivity index (χ1) is 6.83. The molecule has 2 rings (SSSR count). The summed E-state index contributed by atoms with van der Waals surface area (Å²) in [6.45, 7) is 2.04. The molecular formula is C12H9NO. The van der Waals surface area contributed by atoms with Gasteiger partial charge in [-0.3, -0.25) is 0 Å². The van der Waals surface area contributed by atoms with Gasteiger partial charge in [0.2, 0.25) is 6.08 Å². The van der Waals surface area contributed by atoms with Crippen molar-refractivity contribution in [3.8, 4) is 0 Å². The van der Waals surface area contributed by atoms with E-state index in [9.17, 15) is 4.79 Å². The van der Waals surface area contributed by atoms with Gasteiger partial charge in [0.05, 0.1) is 5.69 Å².